The number of para-hydroxylation sites is 3. The molecule has 0 atom stereocenters. The quantitative estimate of drug-likeness (QED) is 0.185. The van der Waals surface area contributed by atoms with Crippen molar-refractivity contribution >= 4 is 21.8 Å². The Hall–Kier alpha value is -6.52. The van der Waals surface area contributed by atoms with Crippen LogP contribution in [0, 0.1) is 0 Å². The van der Waals surface area contributed by atoms with E-state index in [-0.39, 0.29) is 5.41 Å². The third kappa shape index (κ3) is 4.46. The molecule has 0 saturated carbocycles. The Balaban J connectivity index is 1.28. The molecular weight excluding hydrogens is 621 g/mol. The summed E-state index contributed by atoms with van der Waals surface area (Å²) in [7, 11) is 0. The first-order valence-corrected chi connectivity index (χ1v) is 17.5. The van der Waals surface area contributed by atoms with Crippen LogP contribution in [0.3, 0.4) is 0 Å². The maximum atomic E-state index is 5.19. The zero-order valence-corrected chi connectivity index (χ0v) is 28.5. The molecule has 0 amide bonds. The molecule has 0 fully saturated rings. The summed E-state index contributed by atoms with van der Waals surface area (Å²) in [6, 6.07) is 60.2. The van der Waals surface area contributed by atoms with Crippen molar-refractivity contribution in [3.8, 4) is 56.5 Å². The minimum atomic E-state index is -0.229. The Bertz CT molecular complexity index is 2700. The van der Waals surface area contributed by atoms with E-state index < -0.39 is 0 Å². The zero-order valence-electron chi connectivity index (χ0n) is 28.5. The summed E-state index contributed by atoms with van der Waals surface area (Å²) in [6.45, 7) is 4.74. The highest BCUT2D eigenvalue weighted by atomic mass is 15.1. The van der Waals surface area contributed by atoms with Gasteiger partial charge in [0.1, 0.15) is 0 Å². The minimum absolute atomic E-state index is 0.229. The van der Waals surface area contributed by atoms with Crippen molar-refractivity contribution in [1.29, 1.82) is 0 Å². The van der Waals surface area contributed by atoms with Crippen LogP contribution in [-0.2, 0) is 5.41 Å². The van der Waals surface area contributed by atoms with Crippen LogP contribution in [0.4, 0.5) is 0 Å². The summed E-state index contributed by atoms with van der Waals surface area (Å²) >= 11 is 0. The lowest BCUT2D eigenvalue weighted by molar-refractivity contribution is 0.646. The van der Waals surface area contributed by atoms with E-state index in [0.29, 0.717) is 5.82 Å². The van der Waals surface area contributed by atoms with Gasteiger partial charge in [-0.3, -0.25) is 0 Å². The molecule has 4 nitrogen and oxygen atoms in total. The lowest BCUT2D eigenvalue weighted by Gasteiger charge is -2.20. The summed E-state index contributed by atoms with van der Waals surface area (Å²) < 4.78 is 5.01. The van der Waals surface area contributed by atoms with Gasteiger partial charge in [0.15, 0.2) is 5.82 Å². The third-order valence-corrected chi connectivity index (χ3v) is 10.5. The molecule has 0 N–H and O–H groups in total. The van der Waals surface area contributed by atoms with Gasteiger partial charge >= 0.3 is 0 Å². The summed E-state index contributed by atoms with van der Waals surface area (Å²) in [5.41, 5.74) is 14.5. The standard InChI is InChI=1S/C47H34N4/c1-47(2)37-26-13-15-28-41(37)51-43(42-36-25-12-14-27-40(36)50(44(42)45(47)51)35-23-10-5-11-24-35)34-22-16-21-33(29-34)39-30-38(31-17-6-3-7-18-31)48-46(49-39)32-19-8-4-9-20-32/h3-30H,1-2H3. The highest BCUT2D eigenvalue weighted by molar-refractivity contribution is 6.18. The van der Waals surface area contributed by atoms with Crippen LogP contribution < -0.4 is 0 Å². The predicted octanol–water partition coefficient (Wildman–Crippen LogP) is 11.7. The van der Waals surface area contributed by atoms with E-state index in [4.69, 9.17) is 9.97 Å². The third-order valence-electron chi connectivity index (χ3n) is 10.5. The highest BCUT2D eigenvalue weighted by Gasteiger charge is 2.42. The van der Waals surface area contributed by atoms with E-state index in [1.807, 2.05) is 24.3 Å². The smallest absolute Gasteiger partial charge is 0.160 e. The normalized spacial score (nSPS) is 13.1. The number of aromatic nitrogens is 4. The Kier molecular flexibility index (Phi) is 6.49. The molecule has 10 rings (SSSR count). The van der Waals surface area contributed by atoms with Gasteiger partial charge in [0.05, 0.1) is 39.5 Å². The Labute approximate surface area is 297 Å². The van der Waals surface area contributed by atoms with E-state index in [0.717, 1.165) is 39.3 Å². The van der Waals surface area contributed by atoms with Crippen LogP contribution in [0.15, 0.2) is 170 Å². The van der Waals surface area contributed by atoms with Gasteiger partial charge in [0.25, 0.3) is 0 Å². The molecular formula is C47H34N4. The molecule has 0 spiro atoms. The molecule has 6 aromatic carbocycles. The number of nitrogens with zero attached hydrogens (tertiary/aromatic N) is 4. The first kappa shape index (κ1) is 29.4. The molecule has 0 unspecified atom stereocenters. The molecule has 4 heteroatoms. The fourth-order valence-electron chi connectivity index (χ4n) is 8.19. The molecule has 51 heavy (non-hydrogen) atoms. The largest absolute Gasteiger partial charge is 0.310 e. The van der Waals surface area contributed by atoms with Crippen LogP contribution in [-0.4, -0.2) is 19.1 Å². The molecule has 0 radical (unpaired) electrons. The predicted molar refractivity (Wildman–Crippen MR) is 210 cm³/mol. The topological polar surface area (TPSA) is 35.6 Å². The SMILES string of the molecule is CC1(C)c2ccccc2-n2c(-c3cccc(-c4cc(-c5ccccc5)nc(-c5ccccc5)n4)c3)c3c4ccccc4n(-c4ccccc4)c3c21. The van der Waals surface area contributed by atoms with Gasteiger partial charge in [0, 0.05) is 38.6 Å². The second-order valence-corrected chi connectivity index (χ2v) is 13.9. The van der Waals surface area contributed by atoms with Crippen LogP contribution in [0.1, 0.15) is 25.1 Å². The van der Waals surface area contributed by atoms with E-state index in [1.54, 1.807) is 0 Å². The first-order valence-electron chi connectivity index (χ1n) is 17.5. The van der Waals surface area contributed by atoms with Gasteiger partial charge in [0.2, 0.25) is 0 Å². The lowest BCUT2D eigenvalue weighted by atomic mass is 9.83. The zero-order chi connectivity index (χ0) is 34.1. The molecule has 1 aliphatic heterocycles. The van der Waals surface area contributed by atoms with Gasteiger partial charge in [-0.1, -0.05) is 147 Å². The second-order valence-electron chi connectivity index (χ2n) is 13.9. The number of benzene rings is 6. The van der Waals surface area contributed by atoms with Crippen molar-refractivity contribution in [2.24, 2.45) is 0 Å². The van der Waals surface area contributed by atoms with Crippen LogP contribution in [0.25, 0.3) is 78.3 Å². The minimum Gasteiger partial charge on any atom is -0.310 e. The second kappa shape index (κ2) is 11.3. The van der Waals surface area contributed by atoms with Gasteiger partial charge in [-0.2, -0.15) is 0 Å². The maximum Gasteiger partial charge on any atom is 0.160 e. The average molecular weight is 655 g/mol. The van der Waals surface area contributed by atoms with Crippen molar-refractivity contribution < 1.29 is 0 Å². The Morgan fingerprint density at radius 3 is 1.84 bits per heavy atom. The lowest BCUT2D eigenvalue weighted by Crippen LogP contribution is -2.16. The van der Waals surface area contributed by atoms with Gasteiger partial charge < -0.3 is 9.13 Å². The van der Waals surface area contributed by atoms with Gasteiger partial charge in [-0.15, -0.1) is 0 Å². The maximum absolute atomic E-state index is 5.19. The van der Waals surface area contributed by atoms with E-state index in [9.17, 15) is 0 Å². The number of fused-ring (bicyclic) bond motifs is 7. The van der Waals surface area contributed by atoms with E-state index in [2.05, 4.69) is 169 Å². The van der Waals surface area contributed by atoms with Crippen molar-refractivity contribution in [2.75, 3.05) is 0 Å². The van der Waals surface area contributed by atoms with Crippen LogP contribution in [0.5, 0.6) is 0 Å². The van der Waals surface area contributed by atoms with Crippen LogP contribution in [0.2, 0.25) is 0 Å². The molecule has 242 valence electrons. The molecule has 1 aliphatic rings. The molecule has 3 aromatic heterocycles. The highest BCUT2D eigenvalue weighted by Crippen LogP contribution is 2.53. The summed E-state index contributed by atoms with van der Waals surface area (Å²) in [6.07, 6.45) is 0. The van der Waals surface area contributed by atoms with E-state index in [1.165, 1.54) is 44.4 Å². The Morgan fingerprint density at radius 1 is 0.490 bits per heavy atom. The molecule has 4 heterocycles. The summed E-state index contributed by atoms with van der Waals surface area (Å²) in [4.78, 5) is 10.2. The number of hydrogen-bond donors (Lipinski definition) is 0. The molecule has 9 aromatic rings. The van der Waals surface area contributed by atoms with Crippen molar-refractivity contribution in [2.45, 2.75) is 19.3 Å². The summed E-state index contributed by atoms with van der Waals surface area (Å²) in [5, 5.41) is 2.51. The van der Waals surface area contributed by atoms with Crippen molar-refractivity contribution in [3.05, 3.63) is 181 Å². The van der Waals surface area contributed by atoms with Crippen molar-refractivity contribution in [1.82, 2.24) is 19.1 Å². The average Bonchev–Trinajstić information content (AvgIpc) is 3.79. The fraction of sp³-hybridized carbons (Fsp3) is 0.0638. The monoisotopic (exact) mass is 654 g/mol. The Morgan fingerprint density at radius 2 is 1.08 bits per heavy atom. The van der Waals surface area contributed by atoms with Gasteiger partial charge in [-0.05, 0) is 47.5 Å². The van der Waals surface area contributed by atoms with Crippen molar-refractivity contribution in [3.63, 3.8) is 0 Å². The molecule has 0 aliphatic carbocycles. The fourth-order valence-corrected chi connectivity index (χ4v) is 8.19. The summed E-state index contributed by atoms with van der Waals surface area (Å²) in [5.74, 6) is 0.713. The molecule has 0 saturated heterocycles. The first-order chi connectivity index (χ1) is 25.1. The van der Waals surface area contributed by atoms with E-state index >= 15 is 0 Å². The number of rotatable bonds is 5. The van der Waals surface area contributed by atoms with Crippen LogP contribution >= 0.6 is 0 Å². The number of hydrogen-bond acceptors (Lipinski definition) is 2. The molecule has 0 bridgehead atoms. The van der Waals surface area contributed by atoms with Gasteiger partial charge in [-0.25, -0.2) is 9.97 Å².